The first-order chi connectivity index (χ1) is 18.8. The number of rotatable bonds is 3. The van der Waals surface area contributed by atoms with Crippen molar-refractivity contribution in [3.63, 3.8) is 0 Å². The molecule has 1 atom stereocenters. The summed E-state index contributed by atoms with van der Waals surface area (Å²) in [5.74, 6) is 2.26. The van der Waals surface area contributed by atoms with Crippen molar-refractivity contribution in [2.45, 2.75) is 12.3 Å². The van der Waals surface area contributed by atoms with E-state index in [1.54, 1.807) is 11.3 Å². The summed E-state index contributed by atoms with van der Waals surface area (Å²) in [6.07, 6.45) is 9.37. The molecule has 0 saturated heterocycles. The van der Waals surface area contributed by atoms with Crippen molar-refractivity contribution in [1.82, 2.24) is 15.0 Å². The predicted octanol–water partition coefficient (Wildman–Crippen LogP) is 9.07. The smallest absolute Gasteiger partial charge is 0.165 e. The Morgan fingerprint density at radius 1 is 0.658 bits per heavy atom. The number of hydrogen-bond acceptors (Lipinski definition) is 5. The molecule has 1 aliphatic carbocycles. The van der Waals surface area contributed by atoms with Gasteiger partial charge in [0.15, 0.2) is 11.6 Å². The van der Waals surface area contributed by atoms with Crippen LogP contribution in [0.15, 0.2) is 114 Å². The molecule has 8 rings (SSSR count). The van der Waals surface area contributed by atoms with E-state index in [0.29, 0.717) is 11.6 Å². The van der Waals surface area contributed by atoms with Crippen LogP contribution in [0.1, 0.15) is 18.2 Å². The number of benzene rings is 4. The molecule has 0 saturated carbocycles. The van der Waals surface area contributed by atoms with Crippen LogP contribution in [-0.4, -0.2) is 15.0 Å². The van der Waals surface area contributed by atoms with E-state index in [0.717, 1.165) is 45.3 Å². The molecule has 0 fully saturated rings. The van der Waals surface area contributed by atoms with Crippen LogP contribution < -0.4 is 0 Å². The van der Waals surface area contributed by atoms with Gasteiger partial charge in [0.1, 0.15) is 17.0 Å². The molecule has 3 aromatic heterocycles. The molecule has 4 nitrogen and oxygen atoms in total. The van der Waals surface area contributed by atoms with Crippen LogP contribution in [0.4, 0.5) is 0 Å². The zero-order valence-electron chi connectivity index (χ0n) is 20.3. The molecular formula is C33H21N3OS. The van der Waals surface area contributed by atoms with E-state index in [4.69, 9.17) is 19.4 Å². The second-order valence-electron chi connectivity index (χ2n) is 9.55. The number of allylic oxidation sites excluding steroid dienone is 4. The zero-order valence-corrected chi connectivity index (χ0v) is 21.2. The van der Waals surface area contributed by atoms with Gasteiger partial charge in [-0.25, -0.2) is 15.0 Å². The second-order valence-corrected chi connectivity index (χ2v) is 10.6. The van der Waals surface area contributed by atoms with E-state index >= 15 is 0 Å². The van der Waals surface area contributed by atoms with E-state index in [1.807, 2.05) is 30.3 Å². The standard InChI is InChI=1S/C33H21N3OS/c1-2-10-20(11-3-1)31-34-32(24-15-9-18-27-29(24)23-13-4-6-17-26(23)37-27)36-33(35-31)25-16-8-14-22-21-12-5-7-19-28(21)38-30(22)25/h1-10,12-20H,11H2. The highest BCUT2D eigenvalue weighted by atomic mass is 32.1. The summed E-state index contributed by atoms with van der Waals surface area (Å²) in [6.45, 7) is 0. The molecule has 0 N–H and O–H groups in total. The van der Waals surface area contributed by atoms with Gasteiger partial charge in [-0.2, -0.15) is 0 Å². The highest BCUT2D eigenvalue weighted by molar-refractivity contribution is 7.26. The Bertz CT molecular complexity index is 2080. The Balaban J connectivity index is 1.42. The van der Waals surface area contributed by atoms with Gasteiger partial charge >= 0.3 is 0 Å². The minimum absolute atomic E-state index is 0.0995. The summed E-state index contributed by atoms with van der Waals surface area (Å²) in [4.78, 5) is 15.3. The fourth-order valence-corrected chi connectivity index (χ4v) is 6.67. The van der Waals surface area contributed by atoms with Crippen LogP contribution in [0.25, 0.3) is 64.9 Å². The molecule has 0 bridgehead atoms. The summed E-state index contributed by atoms with van der Waals surface area (Å²) in [6, 6.07) is 29.2. The van der Waals surface area contributed by atoms with Crippen LogP contribution in [-0.2, 0) is 0 Å². The molecule has 180 valence electrons. The predicted molar refractivity (Wildman–Crippen MR) is 157 cm³/mol. The van der Waals surface area contributed by atoms with Crippen LogP contribution in [0.2, 0.25) is 0 Å². The van der Waals surface area contributed by atoms with Crippen molar-refractivity contribution in [3.8, 4) is 22.8 Å². The Hall–Kier alpha value is -4.61. The third-order valence-electron chi connectivity index (χ3n) is 7.25. The quantitative estimate of drug-likeness (QED) is 0.239. The molecule has 7 aromatic rings. The fraction of sp³-hybridized carbons (Fsp3) is 0.0606. The Morgan fingerprint density at radius 2 is 1.39 bits per heavy atom. The Morgan fingerprint density at radius 3 is 2.29 bits per heavy atom. The molecule has 0 amide bonds. The van der Waals surface area contributed by atoms with E-state index < -0.39 is 0 Å². The maximum absolute atomic E-state index is 6.18. The summed E-state index contributed by atoms with van der Waals surface area (Å²) in [5, 5.41) is 4.59. The number of para-hydroxylation sites is 1. The fourth-order valence-electron chi connectivity index (χ4n) is 5.46. The van der Waals surface area contributed by atoms with Crippen LogP contribution in [0, 0.1) is 0 Å². The normalized spacial score (nSPS) is 15.3. The van der Waals surface area contributed by atoms with Crippen LogP contribution in [0.3, 0.4) is 0 Å². The highest BCUT2D eigenvalue weighted by Gasteiger charge is 2.21. The minimum Gasteiger partial charge on any atom is -0.456 e. The van der Waals surface area contributed by atoms with Gasteiger partial charge in [0, 0.05) is 48.0 Å². The third-order valence-corrected chi connectivity index (χ3v) is 8.47. The van der Waals surface area contributed by atoms with Gasteiger partial charge in [-0.1, -0.05) is 85.0 Å². The first-order valence-corrected chi connectivity index (χ1v) is 13.6. The second kappa shape index (κ2) is 8.47. The van der Waals surface area contributed by atoms with E-state index in [1.165, 1.54) is 20.2 Å². The topological polar surface area (TPSA) is 51.8 Å². The lowest BCUT2D eigenvalue weighted by Gasteiger charge is -2.15. The monoisotopic (exact) mass is 507 g/mol. The maximum atomic E-state index is 6.18. The number of furan rings is 1. The van der Waals surface area contributed by atoms with Crippen molar-refractivity contribution in [2.24, 2.45) is 0 Å². The lowest BCUT2D eigenvalue weighted by molar-refractivity contribution is 0.669. The molecule has 3 heterocycles. The molecular weight excluding hydrogens is 486 g/mol. The summed E-state index contributed by atoms with van der Waals surface area (Å²) < 4.78 is 8.64. The molecule has 1 unspecified atom stereocenters. The largest absolute Gasteiger partial charge is 0.456 e. The zero-order chi connectivity index (χ0) is 25.1. The SMILES string of the molecule is C1=CCC(c2nc(-c3cccc4c3sc3ccccc34)nc(-c3cccc4oc5ccccc5c34)n2)C=C1. The number of nitrogens with zero attached hydrogens (tertiary/aromatic N) is 3. The van der Waals surface area contributed by atoms with Crippen molar-refractivity contribution < 1.29 is 4.42 Å². The van der Waals surface area contributed by atoms with Crippen molar-refractivity contribution >= 4 is 53.4 Å². The molecule has 1 aliphatic rings. The van der Waals surface area contributed by atoms with Gasteiger partial charge in [0.2, 0.25) is 0 Å². The maximum Gasteiger partial charge on any atom is 0.165 e. The van der Waals surface area contributed by atoms with E-state index in [9.17, 15) is 0 Å². The molecule has 0 radical (unpaired) electrons. The van der Waals surface area contributed by atoms with Gasteiger partial charge in [0.25, 0.3) is 0 Å². The average molecular weight is 508 g/mol. The molecule has 4 aromatic carbocycles. The molecule has 38 heavy (non-hydrogen) atoms. The van der Waals surface area contributed by atoms with Crippen LogP contribution in [0.5, 0.6) is 0 Å². The van der Waals surface area contributed by atoms with Crippen molar-refractivity contribution in [1.29, 1.82) is 0 Å². The highest BCUT2D eigenvalue weighted by Crippen LogP contribution is 2.40. The van der Waals surface area contributed by atoms with Gasteiger partial charge in [-0.05, 0) is 30.7 Å². The number of fused-ring (bicyclic) bond motifs is 6. The Labute approximate surface area is 222 Å². The first kappa shape index (κ1) is 21.5. The Kier molecular flexibility index (Phi) is 4.79. The van der Waals surface area contributed by atoms with Crippen LogP contribution >= 0.6 is 11.3 Å². The molecule has 5 heteroatoms. The number of aromatic nitrogens is 3. The lowest BCUT2D eigenvalue weighted by Crippen LogP contribution is -2.08. The van der Waals surface area contributed by atoms with Crippen molar-refractivity contribution in [3.05, 3.63) is 115 Å². The number of thiophene rings is 1. The summed E-state index contributed by atoms with van der Waals surface area (Å²) in [7, 11) is 0. The van der Waals surface area contributed by atoms with E-state index in [-0.39, 0.29) is 5.92 Å². The molecule has 0 aliphatic heterocycles. The van der Waals surface area contributed by atoms with Gasteiger partial charge in [-0.15, -0.1) is 11.3 Å². The van der Waals surface area contributed by atoms with E-state index in [2.05, 4.69) is 78.9 Å². The first-order valence-electron chi connectivity index (χ1n) is 12.7. The summed E-state index contributed by atoms with van der Waals surface area (Å²) >= 11 is 1.79. The van der Waals surface area contributed by atoms with Gasteiger partial charge in [0.05, 0.1) is 0 Å². The third kappa shape index (κ3) is 3.32. The number of hydrogen-bond donors (Lipinski definition) is 0. The average Bonchev–Trinajstić information content (AvgIpc) is 3.56. The summed E-state index contributed by atoms with van der Waals surface area (Å²) in [5.41, 5.74) is 3.68. The molecule has 0 spiro atoms. The van der Waals surface area contributed by atoms with Gasteiger partial charge < -0.3 is 4.42 Å². The van der Waals surface area contributed by atoms with Gasteiger partial charge in [-0.3, -0.25) is 0 Å². The lowest BCUT2D eigenvalue weighted by atomic mass is 9.99. The minimum atomic E-state index is 0.0995. The van der Waals surface area contributed by atoms with Crippen molar-refractivity contribution in [2.75, 3.05) is 0 Å².